The maximum Gasteiger partial charge on any atom is 0.216 e. The first-order valence-corrected chi connectivity index (χ1v) is 8.01. The van der Waals surface area contributed by atoms with Gasteiger partial charge in [0.05, 0.1) is 27.5 Å². The zero-order valence-electron chi connectivity index (χ0n) is 14.5. The van der Waals surface area contributed by atoms with Crippen molar-refractivity contribution in [3.8, 4) is 28.6 Å². The summed E-state index contributed by atoms with van der Waals surface area (Å²) in [5, 5.41) is 11.4. The van der Waals surface area contributed by atoms with Crippen LogP contribution in [0.2, 0.25) is 0 Å². The molecule has 0 atom stereocenters. The van der Waals surface area contributed by atoms with Crippen molar-refractivity contribution in [2.45, 2.75) is 0 Å². The lowest BCUT2D eigenvalue weighted by Crippen LogP contribution is -1.98. The zero-order chi connectivity index (χ0) is 18.5. The maximum atomic E-state index is 5.35. The molecule has 0 aliphatic heterocycles. The number of ether oxygens (including phenoxy) is 3. The largest absolute Gasteiger partial charge is 0.493 e. The fraction of sp³-hybridized carbons (Fsp3) is 0.176. The van der Waals surface area contributed by atoms with Crippen molar-refractivity contribution in [2.24, 2.45) is 5.10 Å². The van der Waals surface area contributed by atoms with Gasteiger partial charge in [0.1, 0.15) is 0 Å². The minimum absolute atomic E-state index is 0.368. The Hall–Kier alpha value is -3.20. The lowest BCUT2D eigenvalue weighted by atomic mass is 10.2. The minimum Gasteiger partial charge on any atom is -0.493 e. The van der Waals surface area contributed by atoms with Gasteiger partial charge in [0.15, 0.2) is 17.3 Å². The van der Waals surface area contributed by atoms with Crippen LogP contribution in [0.1, 0.15) is 5.56 Å². The molecule has 0 unspecified atom stereocenters. The molecule has 0 bridgehead atoms. The Kier molecular flexibility index (Phi) is 5.28. The van der Waals surface area contributed by atoms with Gasteiger partial charge in [-0.05, 0) is 36.5 Å². The van der Waals surface area contributed by atoms with Crippen LogP contribution in [0, 0.1) is 4.77 Å². The van der Waals surface area contributed by atoms with Crippen LogP contribution >= 0.6 is 12.2 Å². The molecule has 0 saturated heterocycles. The smallest absolute Gasteiger partial charge is 0.216 e. The number of H-pyrrole nitrogens is 1. The summed E-state index contributed by atoms with van der Waals surface area (Å²) in [5.41, 5.74) is 1.54. The van der Waals surface area contributed by atoms with Crippen molar-refractivity contribution < 1.29 is 14.2 Å². The standard InChI is InChI=1S/C17H17N5O3S/c1-23-13-7-11(8-14(24-2)15(13)25-3)9-19-22-16(20-21-17(22)26)12-5-4-6-18-10-12/h4-10H,1-3H3,(H,21,26). The normalized spacial score (nSPS) is 10.9. The van der Waals surface area contributed by atoms with E-state index in [4.69, 9.17) is 26.4 Å². The van der Waals surface area contributed by atoms with Crippen LogP contribution in [0.15, 0.2) is 41.8 Å². The molecule has 3 rings (SSSR count). The fourth-order valence-electron chi connectivity index (χ4n) is 2.38. The molecular weight excluding hydrogens is 354 g/mol. The molecule has 2 aromatic heterocycles. The molecule has 0 spiro atoms. The molecule has 2 heterocycles. The Labute approximate surface area is 155 Å². The third kappa shape index (κ3) is 3.42. The van der Waals surface area contributed by atoms with E-state index in [1.165, 1.54) is 4.68 Å². The van der Waals surface area contributed by atoms with Gasteiger partial charge in [-0.1, -0.05) is 0 Å². The van der Waals surface area contributed by atoms with Crippen molar-refractivity contribution in [3.63, 3.8) is 0 Å². The van der Waals surface area contributed by atoms with Crippen molar-refractivity contribution in [2.75, 3.05) is 21.3 Å². The van der Waals surface area contributed by atoms with Crippen LogP contribution < -0.4 is 14.2 Å². The Morgan fingerprint density at radius 1 is 1.15 bits per heavy atom. The predicted molar refractivity (Wildman–Crippen MR) is 99.7 cm³/mol. The quantitative estimate of drug-likeness (QED) is 0.530. The number of nitrogens with zero attached hydrogens (tertiary/aromatic N) is 4. The van der Waals surface area contributed by atoms with Crippen molar-refractivity contribution in [1.82, 2.24) is 19.9 Å². The van der Waals surface area contributed by atoms with Crippen LogP contribution in [0.4, 0.5) is 0 Å². The molecule has 0 amide bonds. The molecular formula is C17H17N5O3S. The molecule has 134 valence electrons. The number of aromatic amines is 1. The number of hydrogen-bond acceptors (Lipinski definition) is 7. The molecule has 9 heteroatoms. The summed E-state index contributed by atoms with van der Waals surface area (Å²) >= 11 is 5.27. The second kappa shape index (κ2) is 7.79. The van der Waals surface area contributed by atoms with Gasteiger partial charge in [0, 0.05) is 23.5 Å². The first-order chi connectivity index (χ1) is 12.7. The maximum absolute atomic E-state index is 5.35. The highest BCUT2D eigenvalue weighted by Gasteiger charge is 2.13. The number of benzene rings is 1. The van der Waals surface area contributed by atoms with Gasteiger partial charge >= 0.3 is 0 Å². The topological polar surface area (TPSA) is 86.6 Å². The van der Waals surface area contributed by atoms with Crippen molar-refractivity contribution >= 4 is 18.4 Å². The molecule has 0 aliphatic carbocycles. The van der Waals surface area contributed by atoms with Gasteiger partial charge in [-0.15, -0.1) is 0 Å². The average Bonchev–Trinajstić information content (AvgIpc) is 3.06. The molecule has 8 nitrogen and oxygen atoms in total. The summed E-state index contributed by atoms with van der Waals surface area (Å²) < 4.78 is 17.9. The second-order valence-corrected chi connectivity index (χ2v) is 5.50. The van der Waals surface area contributed by atoms with E-state index in [1.54, 1.807) is 52.1 Å². The highest BCUT2D eigenvalue weighted by Crippen LogP contribution is 2.37. The van der Waals surface area contributed by atoms with E-state index >= 15 is 0 Å². The van der Waals surface area contributed by atoms with Crippen LogP contribution in [0.5, 0.6) is 17.2 Å². The van der Waals surface area contributed by atoms with E-state index in [-0.39, 0.29) is 0 Å². The Morgan fingerprint density at radius 2 is 1.88 bits per heavy atom. The average molecular weight is 371 g/mol. The molecule has 26 heavy (non-hydrogen) atoms. The number of aromatic nitrogens is 4. The third-order valence-electron chi connectivity index (χ3n) is 3.58. The van der Waals surface area contributed by atoms with Gasteiger partial charge in [0.25, 0.3) is 0 Å². The minimum atomic E-state index is 0.368. The number of nitrogens with one attached hydrogen (secondary N) is 1. The van der Waals surface area contributed by atoms with E-state index in [0.29, 0.717) is 27.8 Å². The summed E-state index contributed by atoms with van der Waals surface area (Å²) in [4.78, 5) is 4.09. The number of methoxy groups -OCH3 is 3. The number of rotatable bonds is 6. The molecule has 1 aromatic carbocycles. The third-order valence-corrected chi connectivity index (χ3v) is 3.84. The van der Waals surface area contributed by atoms with E-state index in [9.17, 15) is 0 Å². The van der Waals surface area contributed by atoms with Crippen LogP contribution in [0.25, 0.3) is 11.4 Å². The summed E-state index contributed by atoms with van der Waals surface area (Å²) in [7, 11) is 4.68. The fourth-order valence-corrected chi connectivity index (χ4v) is 2.56. The Morgan fingerprint density at radius 3 is 2.46 bits per heavy atom. The summed E-state index contributed by atoms with van der Waals surface area (Å²) in [6, 6.07) is 7.28. The summed E-state index contributed by atoms with van der Waals surface area (Å²) in [6.07, 6.45) is 5.01. The lowest BCUT2D eigenvalue weighted by molar-refractivity contribution is 0.324. The van der Waals surface area contributed by atoms with Gasteiger partial charge in [0.2, 0.25) is 10.5 Å². The Balaban J connectivity index is 2.02. The van der Waals surface area contributed by atoms with Crippen LogP contribution in [0.3, 0.4) is 0 Å². The van der Waals surface area contributed by atoms with E-state index < -0.39 is 0 Å². The van der Waals surface area contributed by atoms with Gasteiger partial charge < -0.3 is 14.2 Å². The van der Waals surface area contributed by atoms with E-state index in [1.807, 2.05) is 12.1 Å². The second-order valence-electron chi connectivity index (χ2n) is 5.11. The molecule has 0 saturated carbocycles. The SMILES string of the molecule is COc1cc(C=Nn2c(-c3cccnc3)n[nH]c2=S)cc(OC)c1OC. The van der Waals surface area contributed by atoms with Gasteiger partial charge in [-0.25, -0.2) is 5.10 Å². The van der Waals surface area contributed by atoms with E-state index in [0.717, 1.165) is 11.1 Å². The van der Waals surface area contributed by atoms with Crippen LogP contribution in [-0.2, 0) is 0 Å². The molecule has 0 fully saturated rings. The number of pyridine rings is 1. The number of hydrogen-bond donors (Lipinski definition) is 1. The molecule has 0 radical (unpaired) electrons. The highest BCUT2D eigenvalue weighted by molar-refractivity contribution is 7.71. The first-order valence-electron chi connectivity index (χ1n) is 7.60. The monoisotopic (exact) mass is 371 g/mol. The van der Waals surface area contributed by atoms with Crippen molar-refractivity contribution in [1.29, 1.82) is 0 Å². The van der Waals surface area contributed by atoms with Gasteiger partial charge in [-0.3, -0.25) is 4.98 Å². The summed E-state index contributed by atoms with van der Waals surface area (Å²) in [5.74, 6) is 2.16. The molecule has 0 aliphatic rings. The Bertz CT molecular complexity index is 957. The summed E-state index contributed by atoms with van der Waals surface area (Å²) in [6.45, 7) is 0. The first kappa shape index (κ1) is 17.6. The lowest BCUT2D eigenvalue weighted by Gasteiger charge is -2.12. The van der Waals surface area contributed by atoms with E-state index in [2.05, 4.69) is 20.3 Å². The van der Waals surface area contributed by atoms with Crippen LogP contribution in [-0.4, -0.2) is 47.4 Å². The molecule has 3 aromatic rings. The van der Waals surface area contributed by atoms with Gasteiger partial charge in [-0.2, -0.15) is 14.9 Å². The predicted octanol–water partition coefficient (Wildman–Crippen LogP) is 2.91. The zero-order valence-corrected chi connectivity index (χ0v) is 15.3. The van der Waals surface area contributed by atoms with Crippen molar-refractivity contribution in [3.05, 3.63) is 47.0 Å². The highest BCUT2D eigenvalue weighted by atomic mass is 32.1. The molecule has 1 N–H and O–H groups in total.